The minimum absolute atomic E-state index is 0.399. The zero-order chi connectivity index (χ0) is 9.97. The molecule has 2 aromatic rings. The highest BCUT2D eigenvalue weighted by Gasteiger charge is 1.99. The summed E-state index contributed by atoms with van der Waals surface area (Å²) < 4.78 is 0. The predicted molar refractivity (Wildman–Crippen MR) is 54.7 cm³/mol. The monoisotopic (exact) mass is 206 g/mol. The van der Waals surface area contributed by atoms with Crippen molar-refractivity contribution in [3.63, 3.8) is 0 Å². The molecule has 0 amide bonds. The van der Waals surface area contributed by atoms with Crippen LogP contribution in [0.25, 0.3) is 11.3 Å². The first-order valence-electron chi connectivity index (χ1n) is 3.95. The zero-order valence-electron chi connectivity index (χ0n) is 7.18. The van der Waals surface area contributed by atoms with Gasteiger partial charge in [-0.15, -0.1) is 0 Å². The number of anilines is 1. The van der Waals surface area contributed by atoms with Crippen molar-refractivity contribution in [3.05, 3.63) is 35.9 Å². The van der Waals surface area contributed by atoms with E-state index in [9.17, 15) is 0 Å². The fourth-order valence-corrected chi connectivity index (χ4v) is 1.13. The molecule has 70 valence electrons. The maximum atomic E-state index is 5.66. The molecule has 0 aromatic carbocycles. The number of nitrogens with two attached hydrogens (primary N) is 1. The van der Waals surface area contributed by atoms with Crippen molar-refractivity contribution in [2.45, 2.75) is 0 Å². The average Bonchev–Trinajstić information content (AvgIpc) is 2.21. The van der Waals surface area contributed by atoms with Gasteiger partial charge in [-0.25, -0.2) is 9.97 Å². The fourth-order valence-electron chi connectivity index (χ4n) is 1.01. The molecule has 0 aliphatic heterocycles. The number of halogens is 1. The molecule has 0 bridgehead atoms. The number of nitrogen functional groups attached to an aromatic ring is 1. The zero-order valence-corrected chi connectivity index (χ0v) is 7.94. The first-order valence-corrected chi connectivity index (χ1v) is 4.33. The lowest BCUT2D eigenvalue weighted by Gasteiger charge is -1.99. The molecule has 5 heteroatoms. The van der Waals surface area contributed by atoms with E-state index in [4.69, 9.17) is 17.3 Å². The largest absolute Gasteiger partial charge is 0.382 e. The normalized spacial score (nSPS) is 10.1. The summed E-state index contributed by atoms with van der Waals surface area (Å²) in [4.78, 5) is 12.0. The van der Waals surface area contributed by atoms with Crippen LogP contribution >= 0.6 is 11.6 Å². The molecule has 0 saturated heterocycles. The first-order chi connectivity index (χ1) is 6.75. The Morgan fingerprint density at radius 3 is 2.43 bits per heavy atom. The Kier molecular flexibility index (Phi) is 2.28. The number of pyridine rings is 1. The smallest absolute Gasteiger partial charge is 0.141 e. The van der Waals surface area contributed by atoms with E-state index in [1.54, 1.807) is 18.5 Å². The fraction of sp³-hybridized carbons (Fsp3) is 0. The van der Waals surface area contributed by atoms with Crippen LogP contribution in [0.1, 0.15) is 0 Å². The molecule has 2 N–H and O–H groups in total. The van der Waals surface area contributed by atoms with Gasteiger partial charge in [-0.2, -0.15) is 0 Å². The van der Waals surface area contributed by atoms with E-state index in [-0.39, 0.29) is 0 Å². The van der Waals surface area contributed by atoms with E-state index in [2.05, 4.69) is 15.0 Å². The minimum Gasteiger partial charge on any atom is -0.382 e. The third kappa shape index (κ3) is 1.80. The highest BCUT2D eigenvalue weighted by Crippen LogP contribution is 2.16. The number of hydrogen-bond donors (Lipinski definition) is 1. The van der Waals surface area contributed by atoms with E-state index in [1.165, 1.54) is 6.20 Å². The highest BCUT2D eigenvalue weighted by atomic mass is 35.5. The summed E-state index contributed by atoms with van der Waals surface area (Å²) in [5.74, 6) is 0.399. The first kappa shape index (κ1) is 8.90. The molecule has 2 aromatic heterocycles. The molecule has 0 radical (unpaired) electrons. The summed E-state index contributed by atoms with van der Waals surface area (Å²) in [5, 5.41) is 0.456. The Morgan fingerprint density at radius 1 is 1.00 bits per heavy atom. The number of nitrogens with zero attached hydrogens (tertiary/aromatic N) is 3. The molecular weight excluding hydrogens is 200 g/mol. The second-order valence-electron chi connectivity index (χ2n) is 2.70. The molecule has 0 aliphatic carbocycles. The predicted octanol–water partition coefficient (Wildman–Crippen LogP) is 1.77. The van der Waals surface area contributed by atoms with Crippen molar-refractivity contribution in [2.24, 2.45) is 0 Å². The minimum atomic E-state index is 0.399. The van der Waals surface area contributed by atoms with Crippen molar-refractivity contribution in [1.82, 2.24) is 15.0 Å². The summed E-state index contributed by atoms with van der Waals surface area (Å²) in [5.41, 5.74) is 7.01. The van der Waals surface area contributed by atoms with Crippen LogP contribution in [0.4, 0.5) is 5.82 Å². The summed E-state index contributed by atoms with van der Waals surface area (Å²) in [6.07, 6.45) is 4.74. The van der Waals surface area contributed by atoms with Gasteiger partial charge in [-0.1, -0.05) is 11.6 Å². The molecule has 0 fully saturated rings. The Hall–Kier alpha value is -1.68. The Bertz CT molecular complexity index is 380. The number of hydrogen-bond acceptors (Lipinski definition) is 4. The van der Waals surface area contributed by atoms with Gasteiger partial charge in [0.15, 0.2) is 0 Å². The van der Waals surface area contributed by atoms with E-state index in [1.807, 2.05) is 6.07 Å². The lowest BCUT2D eigenvalue weighted by molar-refractivity contribution is 1.20. The van der Waals surface area contributed by atoms with Gasteiger partial charge >= 0.3 is 0 Å². The van der Waals surface area contributed by atoms with Gasteiger partial charge < -0.3 is 5.73 Å². The highest BCUT2D eigenvalue weighted by molar-refractivity contribution is 6.29. The van der Waals surface area contributed by atoms with Crippen LogP contribution in [-0.4, -0.2) is 15.0 Å². The Labute approximate surface area is 85.8 Å². The second-order valence-corrected chi connectivity index (χ2v) is 3.08. The Balaban J connectivity index is 2.40. The SMILES string of the molecule is Nc1cnc(-c2ccc(Cl)nc2)cn1. The van der Waals surface area contributed by atoms with E-state index in [0.29, 0.717) is 11.0 Å². The van der Waals surface area contributed by atoms with Crippen LogP contribution in [0, 0.1) is 0 Å². The van der Waals surface area contributed by atoms with Gasteiger partial charge in [0.1, 0.15) is 11.0 Å². The van der Waals surface area contributed by atoms with Crippen LogP contribution in [0.15, 0.2) is 30.7 Å². The van der Waals surface area contributed by atoms with Crippen LogP contribution in [0.2, 0.25) is 5.15 Å². The van der Waals surface area contributed by atoms with E-state index in [0.717, 1.165) is 11.3 Å². The lowest BCUT2D eigenvalue weighted by atomic mass is 10.2. The average molecular weight is 207 g/mol. The van der Waals surface area contributed by atoms with E-state index < -0.39 is 0 Å². The van der Waals surface area contributed by atoms with Gasteiger partial charge in [0.2, 0.25) is 0 Å². The quantitative estimate of drug-likeness (QED) is 0.723. The Morgan fingerprint density at radius 2 is 1.86 bits per heavy atom. The molecule has 4 nitrogen and oxygen atoms in total. The molecule has 0 saturated carbocycles. The second kappa shape index (κ2) is 3.59. The standard InChI is InChI=1S/C9H7ClN4/c10-8-2-1-6(3-13-8)7-4-14-9(11)5-12-7/h1-5H,(H2,11,14). The molecule has 2 heterocycles. The summed E-state index contributed by atoms with van der Waals surface area (Å²) in [7, 11) is 0. The van der Waals surface area contributed by atoms with Crippen molar-refractivity contribution in [3.8, 4) is 11.3 Å². The van der Waals surface area contributed by atoms with Crippen LogP contribution in [0.3, 0.4) is 0 Å². The maximum absolute atomic E-state index is 5.66. The van der Waals surface area contributed by atoms with Crippen molar-refractivity contribution >= 4 is 17.4 Å². The molecular formula is C9H7ClN4. The lowest BCUT2D eigenvalue weighted by Crippen LogP contribution is -1.92. The van der Waals surface area contributed by atoms with Crippen molar-refractivity contribution < 1.29 is 0 Å². The van der Waals surface area contributed by atoms with Gasteiger partial charge in [0, 0.05) is 11.8 Å². The van der Waals surface area contributed by atoms with Crippen molar-refractivity contribution in [2.75, 3.05) is 5.73 Å². The van der Waals surface area contributed by atoms with E-state index >= 15 is 0 Å². The van der Waals surface area contributed by atoms with Gasteiger partial charge in [-0.05, 0) is 12.1 Å². The number of aromatic nitrogens is 3. The van der Waals surface area contributed by atoms with Gasteiger partial charge in [0.05, 0.1) is 18.1 Å². The topological polar surface area (TPSA) is 64.7 Å². The maximum Gasteiger partial charge on any atom is 0.141 e. The van der Waals surface area contributed by atoms with Crippen LogP contribution in [-0.2, 0) is 0 Å². The third-order valence-corrected chi connectivity index (χ3v) is 1.92. The summed E-state index contributed by atoms with van der Waals surface area (Å²) in [6, 6.07) is 3.53. The van der Waals surface area contributed by atoms with Crippen LogP contribution < -0.4 is 5.73 Å². The van der Waals surface area contributed by atoms with Gasteiger partial charge in [-0.3, -0.25) is 4.98 Å². The molecule has 2 rings (SSSR count). The molecule has 0 unspecified atom stereocenters. The van der Waals surface area contributed by atoms with Crippen molar-refractivity contribution in [1.29, 1.82) is 0 Å². The summed E-state index contributed by atoms with van der Waals surface area (Å²) >= 11 is 5.66. The third-order valence-electron chi connectivity index (χ3n) is 1.69. The summed E-state index contributed by atoms with van der Waals surface area (Å²) in [6.45, 7) is 0. The molecule has 14 heavy (non-hydrogen) atoms. The molecule has 0 spiro atoms. The number of rotatable bonds is 1. The van der Waals surface area contributed by atoms with Crippen LogP contribution in [0.5, 0.6) is 0 Å². The molecule has 0 aliphatic rings. The van der Waals surface area contributed by atoms with Gasteiger partial charge in [0.25, 0.3) is 0 Å². The molecule has 0 atom stereocenters.